The molecule has 2 rings (SSSR count). The third-order valence-corrected chi connectivity index (χ3v) is 3.09. The Balaban J connectivity index is 2.04. The molecule has 18 heavy (non-hydrogen) atoms. The summed E-state index contributed by atoms with van der Waals surface area (Å²) in [4.78, 5) is 0. The number of rotatable bonds is 4. The predicted octanol–water partition coefficient (Wildman–Crippen LogP) is 3.74. The average molecular weight is 309 g/mol. The van der Waals surface area contributed by atoms with Gasteiger partial charge in [-0.2, -0.15) is 0 Å². The summed E-state index contributed by atoms with van der Waals surface area (Å²) in [7, 11) is 1.62. The summed E-state index contributed by atoms with van der Waals surface area (Å²) in [6.45, 7) is 0.450. The molecular weight excluding hydrogens is 296 g/mol. The number of methoxy groups -OCH3 is 1. The van der Waals surface area contributed by atoms with Crippen LogP contribution in [-0.2, 0) is 6.61 Å². The minimum Gasteiger partial charge on any atom is -0.508 e. The lowest BCUT2D eigenvalue weighted by atomic mass is 10.2. The normalized spacial score (nSPS) is 10.1. The summed E-state index contributed by atoms with van der Waals surface area (Å²) in [6.07, 6.45) is 0. The summed E-state index contributed by atoms with van der Waals surface area (Å²) in [5, 5.41) is 9.18. The standard InChI is InChI=1S/C14H13BrO3/c1-17-12-6-7-14(13(15)8-12)18-9-10-2-4-11(16)5-3-10/h2-8,16H,9H2,1H3. The molecule has 2 aromatic carbocycles. The van der Waals surface area contributed by atoms with Gasteiger partial charge in [0.1, 0.15) is 23.9 Å². The molecule has 0 aliphatic rings. The molecule has 0 saturated heterocycles. The molecule has 0 saturated carbocycles. The number of phenolic OH excluding ortho intramolecular Hbond substituents is 1. The van der Waals surface area contributed by atoms with Crippen LogP contribution in [0, 0.1) is 0 Å². The average Bonchev–Trinajstić information content (AvgIpc) is 2.39. The molecule has 94 valence electrons. The minimum absolute atomic E-state index is 0.254. The predicted molar refractivity (Wildman–Crippen MR) is 73.1 cm³/mol. The zero-order valence-electron chi connectivity index (χ0n) is 9.89. The van der Waals surface area contributed by atoms with Crippen LogP contribution < -0.4 is 9.47 Å². The fourth-order valence-corrected chi connectivity index (χ4v) is 1.95. The summed E-state index contributed by atoms with van der Waals surface area (Å²) >= 11 is 3.43. The molecule has 0 aliphatic heterocycles. The molecule has 2 aromatic rings. The highest BCUT2D eigenvalue weighted by Crippen LogP contribution is 2.29. The van der Waals surface area contributed by atoms with Crippen molar-refractivity contribution in [1.82, 2.24) is 0 Å². The van der Waals surface area contributed by atoms with Crippen molar-refractivity contribution in [2.75, 3.05) is 7.11 Å². The smallest absolute Gasteiger partial charge is 0.134 e. The molecule has 1 N–H and O–H groups in total. The number of halogens is 1. The first-order valence-electron chi connectivity index (χ1n) is 5.43. The zero-order chi connectivity index (χ0) is 13.0. The highest BCUT2D eigenvalue weighted by Gasteiger charge is 2.03. The highest BCUT2D eigenvalue weighted by atomic mass is 79.9. The molecule has 0 bridgehead atoms. The first-order valence-corrected chi connectivity index (χ1v) is 6.22. The maximum absolute atomic E-state index is 9.18. The van der Waals surface area contributed by atoms with Crippen LogP contribution in [0.1, 0.15) is 5.56 Å². The van der Waals surface area contributed by atoms with Crippen molar-refractivity contribution in [1.29, 1.82) is 0 Å². The number of hydrogen-bond acceptors (Lipinski definition) is 3. The van der Waals surface area contributed by atoms with E-state index in [9.17, 15) is 5.11 Å². The van der Waals surface area contributed by atoms with E-state index in [0.717, 1.165) is 21.5 Å². The van der Waals surface area contributed by atoms with Crippen molar-refractivity contribution in [3.05, 3.63) is 52.5 Å². The molecule has 0 fully saturated rings. The molecular formula is C14H13BrO3. The fraction of sp³-hybridized carbons (Fsp3) is 0.143. The van der Waals surface area contributed by atoms with Gasteiger partial charge >= 0.3 is 0 Å². The van der Waals surface area contributed by atoms with Gasteiger partial charge in [0.25, 0.3) is 0 Å². The molecule has 0 amide bonds. The van der Waals surface area contributed by atoms with Gasteiger partial charge in [-0.05, 0) is 51.8 Å². The van der Waals surface area contributed by atoms with Gasteiger partial charge in [0, 0.05) is 0 Å². The lowest BCUT2D eigenvalue weighted by molar-refractivity contribution is 0.303. The van der Waals surface area contributed by atoms with Crippen LogP contribution in [0.15, 0.2) is 46.9 Å². The molecule has 0 aliphatic carbocycles. The Morgan fingerprint density at radius 1 is 1.11 bits per heavy atom. The fourth-order valence-electron chi connectivity index (χ4n) is 1.48. The maximum Gasteiger partial charge on any atom is 0.134 e. The van der Waals surface area contributed by atoms with Crippen molar-refractivity contribution in [2.24, 2.45) is 0 Å². The van der Waals surface area contributed by atoms with Crippen LogP contribution >= 0.6 is 15.9 Å². The van der Waals surface area contributed by atoms with E-state index >= 15 is 0 Å². The number of phenols is 1. The Hall–Kier alpha value is -1.68. The summed E-state index contributed by atoms with van der Waals surface area (Å²) < 4.78 is 11.6. The van der Waals surface area contributed by atoms with Crippen LogP contribution in [-0.4, -0.2) is 12.2 Å². The summed E-state index contributed by atoms with van der Waals surface area (Å²) in [5.41, 5.74) is 0.996. The summed E-state index contributed by atoms with van der Waals surface area (Å²) in [5.74, 6) is 1.78. The van der Waals surface area contributed by atoms with E-state index in [1.165, 1.54) is 0 Å². The zero-order valence-corrected chi connectivity index (χ0v) is 11.5. The number of hydrogen-bond donors (Lipinski definition) is 1. The van der Waals surface area contributed by atoms with Gasteiger partial charge < -0.3 is 14.6 Å². The van der Waals surface area contributed by atoms with Gasteiger partial charge in [0.2, 0.25) is 0 Å². The Morgan fingerprint density at radius 2 is 1.83 bits per heavy atom. The quantitative estimate of drug-likeness (QED) is 0.935. The van der Waals surface area contributed by atoms with Crippen molar-refractivity contribution in [3.8, 4) is 17.2 Å². The van der Waals surface area contributed by atoms with Gasteiger partial charge in [0.15, 0.2) is 0 Å². The van der Waals surface area contributed by atoms with E-state index in [4.69, 9.17) is 9.47 Å². The Bertz CT molecular complexity index is 523. The second-order valence-corrected chi connectivity index (χ2v) is 4.61. The van der Waals surface area contributed by atoms with Crippen molar-refractivity contribution in [2.45, 2.75) is 6.61 Å². The molecule has 0 aromatic heterocycles. The van der Waals surface area contributed by atoms with Crippen LogP contribution in [0.25, 0.3) is 0 Å². The molecule has 0 heterocycles. The van der Waals surface area contributed by atoms with Crippen molar-refractivity contribution >= 4 is 15.9 Å². The first-order chi connectivity index (χ1) is 8.69. The highest BCUT2D eigenvalue weighted by molar-refractivity contribution is 9.10. The van der Waals surface area contributed by atoms with E-state index < -0.39 is 0 Å². The number of aromatic hydroxyl groups is 1. The topological polar surface area (TPSA) is 38.7 Å². The molecule has 0 spiro atoms. The third kappa shape index (κ3) is 3.17. The number of benzene rings is 2. The van der Waals surface area contributed by atoms with Crippen molar-refractivity contribution in [3.63, 3.8) is 0 Å². The van der Waals surface area contributed by atoms with Gasteiger partial charge in [-0.15, -0.1) is 0 Å². The van der Waals surface area contributed by atoms with Crippen LogP contribution in [0.5, 0.6) is 17.2 Å². The van der Waals surface area contributed by atoms with Crippen molar-refractivity contribution < 1.29 is 14.6 Å². The SMILES string of the molecule is COc1ccc(OCc2ccc(O)cc2)c(Br)c1. The Kier molecular flexibility index (Phi) is 4.10. The Labute approximate surface area is 114 Å². The van der Waals surface area contributed by atoms with E-state index in [0.29, 0.717) is 6.61 Å². The number of ether oxygens (including phenoxy) is 2. The largest absolute Gasteiger partial charge is 0.508 e. The maximum atomic E-state index is 9.18. The molecule has 3 nitrogen and oxygen atoms in total. The van der Waals surface area contributed by atoms with Gasteiger partial charge in [-0.3, -0.25) is 0 Å². The molecule has 0 radical (unpaired) electrons. The first kappa shape index (κ1) is 12.8. The van der Waals surface area contributed by atoms with E-state index in [-0.39, 0.29) is 5.75 Å². The lowest BCUT2D eigenvalue weighted by Crippen LogP contribution is -1.96. The monoisotopic (exact) mass is 308 g/mol. The van der Waals surface area contributed by atoms with Gasteiger partial charge in [0.05, 0.1) is 11.6 Å². The van der Waals surface area contributed by atoms with E-state index in [2.05, 4.69) is 15.9 Å². The van der Waals surface area contributed by atoms with Gasteiger partial charge in [-0.1, -0.05) is 12.1 Å². The van der Waals surface area contributed by atoms with E-state index in [1.54, 1.807) is 19.2 Å². The second-order valence-electron chi connectivity index (χ2n) is 3.75. The van der Waals surface area contributed by atoms with Crippen LogP contribution in [0.2, 0.25) is 0 Å². The van der Waals surface area contributed by atoms with Crippen LogP contribution in [0.3, 0.4) is 0 Å². The third-order valence-electron chi connectivity index (χ3n) is 2.47. The Morgan fingerprint density at radius 3 is 2.44 bits per heavy atom. The lowest BCUT2D eigenvalue weighted by Gasteiger charge is -2.09. The molecule has 0 atom stereocenters. The molecule has 4 heteroatoms. The summed E-state index contributed by atoms with van der Waals surface area (Å²) in [6, 6.07) is 12.5. The van der Waals surface area contributed by atoms with Gasteiger partial charge in [-0.25, -0.2) is 0 Å². The minimum atomic E-state index is 0.254. The van der Waals surface area contributed by atoms with E-state index in [1.807, 2.05) is 30.3 Å². The molecule has 0 unspecified atom stereocenters. The second kappa shape index (κ2) is 5.78. The van der Waals surface area contributed by atoms with Crippen LogP contribution in [0.4, 0.5) is 0 Å².